The summed E-state index contributed by atoms with van der Waals surface area (Å²) in [6.45, 7) is -1.60. The summed E-state index contributed by atoms with van der Waals surface area (Å²) in [7, 11) is 1.53. The van der Waals surface area contributed by atoms with Crippen LogP contribution in [0, 0.1) is 0 Å². The zero-order valence-corrected chi connectivity index (χ0v) is 17.4. The van der Waals surface area contributed by atoms with Gasteiger partial charge in [-0.3, -0.25) is 24.5 Å². The fourth-order valence-corrected chi connectivity index (χ4v) is 3.46. The van der Waals surface area contributed by atoms with Crippen LogP contribution in [0.25, 0.3) is 0 Å². The van der Waals surface area contributed by atoms with Crippen molar-refractivity contribution in [1.82, 2.24) is 19.9 Å². The topological polar surface area (TPSA) is 88.5 Å². The monoisotopic (exact) mass is 457 g/mol. The minimum atomic E-state index is -4.60. The van der Waals surface area contributed by atoms with Gasteiger partial charge >= 0.3 is 6.18 Å². The van der Waals surface area contributed by atoms with Gasteiger partial charge in [-0.15, -0.1) is 0 Å². The Hall–Kier alpha value is -4.02. The molecule has 0 bridgehead atoms. The maximum absolute atomic E-state index is 13.1. The fourth-order valence-electron chi connectivity index (χ4n) is 3.46. The van der Waals surface area contributed by atoms with Crippen molar-refractivity contribution in [2.24, 2.45) is 0 Å². The van der Waals surface area contributed by atoms with Gasteiger partial charge in [-0.05, 0) is 35.9 Å². The van der Waals surface area contributed by atoms with Gasteiger partial charge in [0.25, 0.3) is 11.8 Å². The summed E-state index contributed by atoms with van der Waals surface area (Å²) in [4.78, 5) is 39.5. The van der Waals surface area contributed by atoms with Gasteiger partial charge in [-0.2, -0.15) is 13.2 Å². The Bertz CT molecular complexity index is 1170. The van der Waals surface area contributed by atoms with E-state index in [-0.39, 0.29) is 29.5 Å². The van der Waals surface area contributed by atoms with Gasteiger partial charge in [0.05, 0.1) is 43.9 Å². The number of aromatic nitrogens is 3. The first-order valence-corrected chi connectivity index (χ1v) is 9.81. The molecule has 0 aliphatic carbocycles. The van der Waals surface area contributed by atoms with Crippen LogP contribution in [0.5, 0.6) is 5.75 Å². The number of hydrogen-bond acceptors (Lipinski definition) is 6. The van der Waals surface area contributed by atoms with Crippen molar-refractivity contribution in [3.63, 3.8) is 0 Å². The fraction of sp³-hybridized carbons (Fsp3) is 0.227. The van der Waals surface area contributed by atoms with Gasteiger partial charge in [-0.25, -0.2) is 4.98 Å². The average molecular weight is 457 g/mol. The van der Waals surface area contributed by atoms with Crippen LogP contribution >= 0.6 is 0 Å². The number of benzene rings is 1. The molecule has 1 aliphatic rings. The van der Waals surface area contributed by atoms with Gasteiger partial charge in [0, 0.05) is 18.0 Å². The molecule has 0 unspecified atom stereocenters. The first-order chi connectivity index (χ1) is 15.7. The molecule has 2 aromatic heterocycles. The zero-order chi connectivity index (χ0) is 23.6. The van der Waals surface area contributed by atoms with Crippen LogP contribution in [-0.4, -0.2) is 51.5 Å². The standard InChI is InChI=1S/C22H18F3N5O3/c1-33-17-4-5-18-15(7-17)11-30(21(18)32)19-10-27-16(9-28-19)12-29(13-22(23,24)25)20(31)14-3-2-6-26-8-14/h2-10H,11-13H2,1H3. The summed E-state index contributed by atoms with van der Waals surface area (Å²) in [5.41, 5.74) is 1.46. The molecule has 1 aliphatic heterocycles. The van der Waals surface area contributed by atoms with Crippen molar-refractivity contribution in [2.45, 2.75) is 19.3 Å². The highest BCUT2D eigenvalue weighted by Gasteiger charge is 2.34. The maximum atomic E-state index is 13.1. The second-order valence-electron chi connectivity index (χ2n) is 7.30. The number of hydrogen-bond donors (Lipinski definition) is 0. The highest BCUT2D eigenvalue weighted by atomic mass is 19.4. The number of halogens is 3. The highest BCUT2D eigenvalue weighted by Crippen LogP contribution is 2.29. The highest BCUT2D eigenvalue weighted by molar-refractivity contribution is 6.09. The largest absolute Gasteiger partial charge is 0.497 e. The minimum absolute atomic E-state index is 0.0298. The third-order valence-corrected chi connectivity index (χ3v) is 5.00. The SMILES string of the molecule is COc1ccc2c(c1)CN(c1cnc(CN(CC(F)(F)F)C(=O)c3cccnc3)cn1)C2=O. The summed E-state index contributed by atoms with van der Waals surface area (Å²) in [6, 6.07) is 7.96. The lowest BCUT2D eigenvalue weighted by atomic mass is 10.1. The van der Waals surface area contributed by atoms with Crippen LogP contribution in [0.4, 0.5) is 19.0 Å². The van der Waals surface area contributed by atoms with Gasteiger partial charge in [-0.1, -0.05) is 0 Å². The third kappa shape index (κ3) is 4.92. The van der Waals surface area contributed by atoms with Crippen LogP contribution in [0.3, 0.4) is 0 Å². The number of methoxy groups -OCH3 is 1. The molecule has 3 heterocycles. The molecule has 8 nitrogen and oxygen atoms in total. The number of alkyl halides is 3. The number of anilines is 1. The van der Waals surface area contributed by atoms with E-state index >= 15 is 0 Å². The molecule has 0 radical (unpaired) electrons. The van der Waals surface area contributed by atoms with Gasteiger partial charge in [0.2, 0.25) is 0 Å². The van der Waals surface area contributed by atoms with E-state index in [4.69, 9.17) is 4.74 Å². The molecule has 0 saturated heterocycles. The summed E-state index contributed by atoms with van der Waals surface area (Å²) >= 11 is 0. The Morgan fingerprint density at radius 2 is 2.00 bits per heavy atom. The number of pyridine rings is 1. The van der Waals surface area contributed by atoms with Crippen molar-refractivity contribution in [3.8, 4) is 5.75 Å². The Morgan fingerprint density at radius 3 is 2.64 bits per heavy atom. The minimum Gasteiger partial charge on any atom is -0.497 e. The van der Waals surface area contributed by atoms with Gasteiger partial charge in [0.15, 0.2) is 5.82 Å². The van der Waals surface area contributed by atoms with E-state index in [1.807, 2.05) is 0 Å². The molecule has 33 heavy (non-hydrogen) atoms. The molecule has 3 aromatic rings. The van der Waals surface area contributed by atoms with Crippen molar-refractivity contribution in [3.05, 3.63) is 77.5 Å². The van der Waals surface area contributed by atoms with E-state index < -0.39 is 25.2 Å². The van der Waals surface area contributed by atoms with E-state index in [1.165, 1.54) is 48.9 Å². The Kier molecular flexibility index (Phi) is 5.95. The first-order valence-electron chi connectivity index (χ1n) is 9.81. The average Bonchev–Trinajstić information content (AvgIpc) is 3.14. The number of nitrogens with zero attached hydrogens (tertiary/aromatic N) is 5. The molecule has 11 heteroatoms. The molecule has 0 N–H and O–H groups in total. The normalized spacial score (nSPS) is 13.1. The second kappa shape index (κ2) is 8.85. The van der Waals surface area contributed by atoms with E-state index in [0.717, 1.165) is 5.56 Å². The summed E-state index contributed by atoms with van der Waals surface area (Å²) in [5.74, 6) is -0.224. The number of ether oxygens (including phenoxy) is 1. The quantitative estimate of drug-likeness (QED) is 0.565. The molecular formula is C22H18F3N5O3. The van der Waals surface area contributed by atoms with Gasteiger partial charge in [0.1, 0.15) is 12.3 Å². The summed E-state index contributed by atoms with van der Waals surface area (Å²) < 4.78 is 44.4. The van der Waals surface area contributed by atoms with E-state index in [2.05, 4.69) is 15.0 Å². The predicted octanol–water partition coefficient (Wildman–Crippen LogP) is 3.25. The Balaban J connectivity index is 1.52. The molecule has 0 fully saturated rings. The molecule has 0 saturated carbocycles. The van der Waals surface area contributed by atoms with Crippen LogP contribution in [0.2, 0.25) is 0 Å². The van der Waals surface area contributed by atoms with Crippen LogP contribution in [0.15, 0.2) is 55.1 Å². The van der Waals surface area contributed by atoms with E-state index in [1.54, 1.807) is 18.2 Å². The van der Waals surface area contributed by atoms with Crippen molar-refractivity contribution in [2.75, 3.05) is 18.6 Å². The van der Waals surface area contributed by atoms with Crippen LogP contribution in [0.1, 0.15) is 32.0 Å². The van der Waals surface area contributed by atoms with Crippen molar-refractivity contribution >= 4 is 17.6 Å². The molecule has 170 valence electrons. The predicted molar refractivity (Wildman–Crippen MR) is 111 cm³/mol. The molecule has 0 spiro atoms. The summed E-state index contributed by atoms with van der Waals surface area (Å²) in [5, 5.41) is 0. The lowest BCUT2D eigenvalue weighted by Crippen LogP contribution is -2.38. The molecule has 4 rings (SSSR count). The maximum Gasteiger partial charge on any atom is 0.406 e. The first kappa shape index (κ1) is 22.2. The van der Waals surface area contributed by atoms with Crippen molar-refractivity contribution in [1.29, 1.82) is 0 Å². The smallest absolute Gasteiger partial charge is 0.406 e. The Labute approximate surface area is 186 Å². The van der Waals surface area contributed by atoms with Crippen LogP contribution < -0.4 is 9.64 Å². The lowest BCUT2D eigenvalue weighted by molar-refractivity contribution is -0.141. The zero-order valence-electron chi connectivity index (χ0n) is 17.4. The van der Waals surface area contributed by atoms with E-state index in [9.17, 15) is 22.8 Å². The number of carbonyl (C=O) groups is 2. The number of carbonyl (C=O) groups excluding carboxylic acids is 2. The number of rotatable bonds is 6. The van der Waals surface area contributed by atoms with Crippen molar-refractivity contribution < 1.29 is 27.5 Å². The van der Waals surface area contributed by atoms with Gasteiger partial charge < -0.3 is 9.64 Å². The molecular weight excluding hydrogens is 439 g/mol. The van der Waals surface area contributed by atoms with Crippen LogP contribution in [-0.2, 0) is 13.1 Å². The van der Waals surface area contributed by atoms with E-state index in [0.29, 0.717) is 16.2 Å². The second-order valence-corrected chi connectivity index (χ2v) is 7.30. The molecule has 1 aromatic carbocycles. The summed E-state index contributed by atoms with van der Waals surface area (Å²) in [6.07, 6.45) is 0.581. The number of amides is 2. The lowest BCUT2D eigenvalue weighted by Gasteiger charge is -2.23. The molecule has 0 atom stereocenters. The Morgan fingerprint density at radius 1 is 1.18 bits per heavy atom. The molecule has 2 amide bonds. The third-order valence-electron chi connectivity index (χ3n) is 5.00. The number of fused-ring (bicyclic) bond motifs is 1.